The first-order chi connectivity index (χ1) is 9.02. The maximum absolute atomic E-state index is 10.7. The Hall–Kier alpha value is -1.26. The highest BCUT2D eigenvalue weighted by molar-refractivity contribution is 6.32. The van der Waals surface area contributed by atoms with Crippen molar-refractivity contribution in [1.29, 1.82) is 0 Å². The number of hydrogen-bond acceptors (Lipinski definition) is 3. The van der Waals surface area contributed by atoms with Gasteiger partial charge in [-0.3, -0.25) is 4.79 Å². The first-order valence-electron chi connectivity index (χ1n) is 6.32. The highest BCUT2D eigenvalue weighted by atomic mass is 35.5. The lowest BCUT2D eigenvalue weighted by atomic mass is 9.94. The van der Waals surface area contributed by atoms with Crippen LogP contribution >= 0.6 is 11.6 Å². The van der Waals surface area contributed by atoms with E-state index in [0.29, 0.717) is 23.9 Å². The highest BCUT2D eigenvalue weighted by Gasteiger charge is 2.16. The molecule has 0 saturated carbocycles. The van der Waals surface area contributed by atoms with E-state index in [0.717, 1.165) is 6.42 Å². The molecular weight excluding hydrogens is 266 g/mol. The second-order valence-electron chi connectivity index (χ2n) is 4.78. The van der Waals surface area contributed by atoms with Crippen molar-refractivity contribution < 1.29 is 14.6 Å². The summed E-state index contributed by atoms with van der Waals surface area (Å²) in [4.78, 5) is 10.7. The number of carboxylic acid groups (broad SMARTS) is 1. The number of ether oxygens (including phenoxy) is 1. The van der Waals surface area contributed by atoms with Crippen molar-refractivity contribution in [1.82, 2.24) is 0 Å². The Morgan fingerprint density at radius 3 is 2.74 bits per heavy atom. The maximum atomic E-state index is 10.7. The van der Waals surface area contributed by atoms with E-state index < -0.39 is 5.97 Å². The monoisotopic (exact) mass is 285 g/mol. The lowest BCUT2D eigenvalue weighted by Crippen LogP contribution is -2.22. The van der Waals surface area contributed by atoms with Crippen LogP contribution in [0.15, 0.2) is 24.3 Å². The number of aliphatic carboxylic acids is 1. The molecule has 0 aliphatic rings. The van der Waals surface area contributed by atoms with E-state index in [1.807, 2.05) is 25.1 Å². The quantitative estimate of drug-likeness (QED) is 0.770. The SMILES string of the molecule is CC(COc1ccccc1Cl)C[C@H](CN)CC(=O)O. The number of carbonyl (C=O) groups is 1. The number of nitrogens with two attached hydrogens (primary N) is 1. The fourth-order valence-corrected chi connectivity index (χ4v) is 2.13. The van der Waals surface area contributed by atoms with E-state index >= 15 is 0 Å². The van der Waals surface area contributed by atoms with E-state index in [4.69, 9.17) is 27.2 Å². The molecule has 0 saturated heterocycles. The lowest BCUT2D eigenvalue weighted by Gasteiger charge is -2.18. The standard InChI is InChI=1S/C14H20ClNO3/c1-10(6-11(8-16)7-14(17)18)9-19-13-5-3-2-4-12(13)15/h2-5,10-11H,6-9,16H2,1H3,(H,17,18)/t10?,11-/m0/s1. The van der Waals surface area contributed by atoms with Gasteiger partial charge in [0, 0.05) is 6.42 Å². The zero-order valence-electron chi connectivity index (χ0n) is 11.0. The molecule has 4 nitrogen and oxygen atoms in total. The average Bonchev–Trinajstić information content (AvgIpc) is 2.36. The van der Waals surface area contributed by atoms with E-state index in [1.165, 1.54) is 0 Å². The van der Waals surface area contributed by atoms with Crippen molar-refractivity contribution in [2.45, 2.75) is 19.8 Å². The van der Waals surface area contributed by atoms with Crippen molar-refractivity contribution in [2.75, 3.05) is 13.2 Å². The Bertz CT molecular complexity index is 411. The van der Waals surface area contributed by atoms with Crippen LogP contribution in [0.1, 0.15) is 19.8 Å². The predicted octanol–water partition coefficient (Wildman–Crippen LogP) is 2.79. The van der Waals surface area contributed by atoms with Gasteiger partial charge in [-0.2, -0.15) is 0 Å². The van der Waals surface area contributed by atoms with Crippen LogP contribution in [0.2, 0.25) is 5.02 Å². The van der Waals surface area contributed by atoms with Gasteiger partial charge in [0.15, 0.2) is 0 Å². The van der Waals surface area contributed by atoms with Crippen LogP contribution in [0, 0.1) is 11.8 Å². The second-order valence-corrected chi connectivity index (χ2v) is 5.19. The molecule has 0 amide bonds. The van der Waals surface area contributed by atoms with Gasteiger partial charge >= 0.3 is 5.97 Å². The van der Waals surface area contributed by atoms with Crippen LogP contribution in [-0.2, 0) is 4.79 Å². The van der Waals surface area contributed by atoms with Gasteiger partial charge in [0.2, 0.25) is 0 Å². The van der Waals surface area contributed by atoms with Crippen molar-refractivity contribution in [2.24, 2.45) is 17.6 Å². The molecule has 1 aromatic rings. The van der Waals surface area contributed by atoms with Gasteiger partial charge in [0.1, 0.15) is 5.75 Å². The Morgan fingerprint density at radius 2 is 2.16 bits per heavy atom. The third kappa shape index (κ3) is 5.94. The van der Waals surface area contributed by atoms with Crippen LogP contribution in [-0.4, -0.2) is 24.2 Å². The molecule has 0 bridgehead atoms. The zero-order chi connectivity index (χ0) is 14.3. The summed E-state index contributed by atoms with van der Waals surface area (Å²) in [6.07, 6.45) is 0.834. The molecule has 3 N–H and O–H groups in total. The van der Waals surface area contributed by atoms with Gasteiger partial charge < -0.3 is 15.6 Å². The Morgan fingerprint density at radius 1 is 1.47 bits per heavy atom. The molecule has 0 heterocycles. The smallest absolute Gasteiger partial charge is 0.303 e. The summed E-state index contributed by atoms with van der Waals surface area (Å²) in [7, 11) is 0. The van der Waals surface area contributed by atoms with E-state index in [1.54, 1.807) is 6.07 Å². The number of rotatable bonds is 8. The number of hydrogen-bond donors (Lipinski definition) is 2. The molecule has 0 fully saturated rings. The van der Waals surface area contributed by atoms with Crippen LogP contribution in [0.25, 0.3) is 0 Å². The third-order valence-corrected chi connectivity index (χ3v) is 3.20. The van der Waals surface area contributed by atoms with Crippen molar-refractivity contribution in [3.8, 4) is 5.75 Å². The molecule has 0 aliphatic carbocycles. The summed E-state index contributed by atoms with van der Waals surface area (Å²) in [5, 5.41) is 9.35. The maximum Gasteiger partial charge on any atom is 0.303 e. The molecular formula is C14H20ClNO3. The number of benzene rings is 1. The van der Waals surface area contributed by atoms with Crippen LogP contribution in [0.3, 0.4) is 0 Å². The van der Waals surface area contributed by atoms with Gasteiger partial charge in [-0.25, -0.2) is 0 Å². The fraction of sp³-hybridized carbons (Fsp3) is 0.500. The molecule has 5 heteroatoms. The van der Waals surface area contributed by atoms with Gasteiger partial charge in [0.25, 0.3) is 0 Å². The lowest BCUT2D eigenvalue weighted by molar-refractivity contribution is -0.138. The summed E-state index contributed by atoms with van der Waals surface area (Å²) < 4.78 is 5.63. The number of para-hydroxylation sites is 1. The first-order valence-corrected chi connectivity index (χ1v) is 6.70. The molecule has 1 unspecified atom stereocenters. The largest absolute Gasteiger partial charge is 0.492 e. The predicted molar refractivity (Wildman–Crippen MR) is 75.5 cm³/mol. The van der Waals surface area contributed by atoms with E-state index in [2.05, 4.69) is 0 Å². The minimum Gasteiger partial charge on any atom is -0.492 e. The van der Waals surface area contributed by atoms with Crippen molar-refractivity contribution in [3.63, 3.8) is 0 Å². The summed E-state index contributed by atoms with van der Waals surface area (Å²) in [6, 6.07) is 7.29. The van der Waals surface area contributed by atoms with Crippen molar-refractivity contribution >= 4 is 17.6 Å². The summed E-state index contributed by atoms with van der Waals surface area (Å²) >= 11 is 5.99. The summed E-state index contributed by atoms with van der Waals surface area (Å²) in [6.45, 7) is 2.89. The minimum absolute atomic E-state index is 0.0117. The van der Waals surface area contributed by atoms with Crippen LogP contribution < -0.4 is 10.5 Å². The Balaban J connectivity index is 2.40. The molecule has 0 spiro atoms. The minimum atomic E-state index is -0.810. The molecule has 19 heavy (non-hydrogen) atoms. The third-order valence-electron chi connectivity index (χ3n) is 2.89. The molecule has 0 radical (unpaired) electrons. The van der Waals surface area contributed by atoms with Gasteiger partial charge in [0.05, 0.1) is 11.6 Å². The van der Waals surface area contributed by atoms with Crippen LogP contribution in [0.5, 0.6) is 5.75 Å². The fourth-order valence-electron chi connectivity index (χ4n) is 1.94. The van der Waals surface area contributed by atoms with Gasteiger partial charge in [-0.15, -0.1) is 0 Å². The van der Waals surface area contributed by atoms with Gasteiger partial charge in [-0.1, -0.05) is 30.7 Å². The van der Waals surface area contributed by atoms with Crippen molar-refractivity contribution in [3.05, 3.63) is 29.3 Å². The molecule has 2 atom stereocenters. The van der Waals surface area contributed by atoms with Gasteiger partial charge in [-0.05, 0) is 36.9 Å². The number of carboxylic acids is 1. The second kappa shape index (κ2) is 8.02. The van der Waals surface area contributed by atoms with E-state index in [-0.39, 0.29) is 18.3 Å². The average molecular weight is 286 g/mol. The summed E-state index contributed by atoms with van der Waals surface area (Å²) in [5.41, 5.74) is 5.58. The zero-order valence-corrected chi connectivity index (χ0v) is 11.8. The first kappa shape index (κ1) is 15.8. The number of halogens is 1. The molecule has 0 aliphatic heterocycles. The normalized spacial score (nSPS) is 13.8. The molecule has 1 aromatic carbocycles. The highest BCUT2D eigenvalue weighted by Crippen LogP contribution is 2.24. The van der Waals surface area contributed by atoms with E-state index in [9.17, 15) is 4.79 Å². The summed E-state index contributed by atoms with van der Waals surface area (Å²) in [5.74, 6) is 0.0553. The topological polar surface area (TPSA) is 72.5 Å². The Labute approximate surface area is 118 Å². The molecule has 0 aromatic heterocycles. The molecule has 1 rings (SSSR count). The Kier molecular flexibility index (Phi) is 6.67. The van der Waals surface area contributed by atoms with Crippen LogP contribution in [0.4, 0.5) is 0 Å². The molecule has 106 valence electrons.